The van der Waals surface area contributed by atoms with E-state index in [2.05, 4.69) is 15.3 Å². The number of amides is 1. The molecule has 0 radical (unpaired) electrons. The first-order chi connectivity index (χ1) is 13.5. The van der Waals surface area contributed by atoms with Gasteiger partial charge >= 0.3 is 0 Å². The molecule has 0 saturated carbocycles. The van der Waals surface area contributed by atoms with Crippen molar-refractivity contribution in [2.45, 2.75) is 25.9 Å². The second-order valence-corrected chi connectivity index (χ2v) is 7.02. The normalized spacial score (nSPS) is 12.3. The summed E-state index contributed by atoms with van der Waals surface area (Å²) in [6.07, 6.45) is 0.767. The van der Waals surface area contributed by atoms with Crippen molar-refractivity contribution in [2.75, 3.05) is 20.6 Å². The third kappa shape index (κ3) is 4.12. The van der Waals surface area contributed by atoms with Gasteiger partial charge in [-0.15, -0.1) is 0 Å². The molecule has 0 aliphatic carbocycles. The third-order valence-electron chi connectivity index (χ3n) is 4.78. The number of carbonyl (C=O) groups excluding carboxylic acids is 1. The van der Waals surface area contributed by atoms with E-state index in [1.165, 1.54) is 4.68 Å². The van der Waals surface area contributed by atoms with Crippen molar-refractivity contribution < 1.29 is 4.79 Å². The molecule has 0 saturated heterocycles. The molecule has 0 fully saturated rings. The van der Waals surface area contributed by atoms with Gasteiger partial charge in [0.25, 0.3) is 11.5 Å². The van der Waals surface area contributed by atoms with Crippen molar-refractivity contribution in [3.05, 3.63) is 76.2 Å². The number of hydrogen-bond acceptors (Lipinski definition) is 4. The summed E-state index contributed by atoms with van der Waals surface area (Å²) < 4.78 is 1.39. The van der Waals surface area contributed by atoms with E-state index in [1.54, 1.807) is 18.2 Å². The van der Waals surface area contributed by atoms with Crippen molar-refractivity contribution >= 4 is 16.7 Å². The van der Waals surface area contributed by atoms with E-state index in [1.807, 2.05) is 57.4 Å². The minimum atomic E-state index is -0.274. The monoisotopic (exact) mass is 378 g/mol. The van der Waals surface area contributed by atoms with Crippen LogP contribution < -0.4 is 10.9 Å². The fourth-order valence-corrected chi connectivity index (χ4v) is 3.31. The average molecular weight is 378 g/mol. The van der Waals surface area contributed by atoms with Crippen molar-refractivity contribution in [1.29, 1.82) is 0 Å². The largest absolute Gasteiger partial charge is 0.349 e. The highest BCUT2D eigenvalue weighted by Crippen LogP contribution is 2.18. The molecule has 6 heteroatoms. The summed E-state index contributed by atoms with van der Waals surface area (Å²) in [5, 5.41) is 8.46. The highest BCUT2D eigenvalue weighted by atomic mass is 16.2. The molecule has 0 aliphatic rings. The van der Waals surface area contributed by atoms with Gasteiger partial charge in [-0.25, -0.2) is 4.68 Å². The maximum Gasteiger partial charge on any atom is 0.274 e. The fourth-order valence-electron chi connectivity index (χ4n) is 3.31. The van der Waals surface area contributed by atoms with Crippen molar-refractivity contribution in [3.63, 3.8) is 0 Å². The summed E-state index contributed by atoms with van der Waals surface area (Å²) in [6.45, 7) is 2.90. The number of carbonyl (C=O) groups is 1. The molecular weight excluding hydrogens is 352 g/mol. The molecular formula is C22H26N4O2. The van der Waals surface area contributed by atoms with Crippen LogP contribution in [-0.4, -0.2) is 41.2 Å². The maximum absolute atomic E-state index is 13.0. The number of aryl methyl sites for hydroxylation is 1. The molecule has 0 spiro atoms. The molecule has 6 nitrogen and oxygen atoms in total. The highest BCUT2D eigenvalue weighted by Gasteiger charge is 2.19. The Bertz CT molecular complexity index is 1010. The standard InChI is InChI=1S/C22H26N4O2/c1-4-14-26-22(28)18-13-9-8-12-17(18)20(24-26)21(27)23-15-19(25(2)3)16-10-6-5-7-11-16/h5-13,19H,4,14-15H2,1-3H3,(H,23,27)/t19-/m0/s1. The lowest BCUT2D eigenvalue weighted by Crippen LogP contribution is -2.36. The van der Waals surface area contributed by atoms with Gasteiger partial charge in [0.1, 0.15) is 0 Å². The van der Waals surface area contributed by atoms with Gasteiger partial charge in [-0.05, 0) is 32.1 Å². The van der Waals surface area contributed by atoms with Crippen LogP contribution in [0.2, 0.25) is 0 Å². The molecule has 1 amide bonds. The molecule has 146 valence electrons. The first-order valence-corrected chi connectivity index (χ1v) is 9.52. The zero-order valence-electron chi connectivity index (χ0n) is 16.6. The van der Waals surface area contributed by atoms with Crippen molar-refractivity contribution in [1.82, 2.24) is 20.0 Å². The van der Waals surface area contributed by atoms with Gasteiger partial charge in [0.15, 0.2) is 5.69 Å². The number of benzene rings is 2. The molecule has 3 rings (SSSR count). The summed E-state index contributed by atoms with van der Waals surface area (Å²) in [5.74, 6) is -0.274. The minimum Gasteiger partial charge on any atom is -0.349 e. The summed E-state index contributed by atoms with van der Waals surface area (Å²) in [7, 11) is 3.97. The Kier molecular flexibility index (Phi) is 6.21. The Morgan fingerprint density at radius 2 is 1.71 bits per heavy atom. The molecule has 2 aromatic carbocycles. The van der Waals surface area contributed by atoms with Crippen molar-refractivity contribution in [2.24, 2.45) is 0 Å². The van der Waals surface area contributed by atoms with Crippen LogP contribution in [0.25, 0.3) is 10.8 Å². The van der Waals surface area contributed by atoms with Gasteiger partial charge in [-0.3, -0.25) is 9.59 Å². The zero-order chi connectivity index (χ0) is 20.1. The van der Waals surface area contributed by atoms with Gasteiger partial charge in [-0.1, -0.05) is 55.5 Å². The lowest BCUT2D eigenvalue weighted by atomic mass is 10.1. The number of aromatic nitrogens is 2. The van der Waals surface area contributed by atoms with Gasteiger partial charge in [0, 0.05) is 18.5 Å². The second kappa shape index (κ2) is 8.80. The van der Waals surface area contributed by atoms with Gasteiger partial charge < -0.3 is 10.2 Å². The first kappa shape index (κ1) is 19.8. The van der Waals surface area contributed by atoms with Gasteiger partial charge in [0.2, 0.25) is 0 Å². The second-order valence-electron chi connectivity index (χ2n) is 7.02. The predicted molar refractivity (Wildman–Crippen MR) is 111 cm³/mol. The molecule has 1 heterocycles. The van der Waals surface area contributed by atoms with Crippen LogP contribution in [0.1, 0.15) is 35.4 Å². The van der Waals surface area contributed by atoms with Crippen LogP contribution >= 0.6 is 0 Å². The van der Waals surface area contributed by atoms with E-state index in [0.717, 1.165) is 12.0 Å². The predicted octanol–water partition coefficient (Wildman–Crippen LogP) is 2.84. The van der Waals surface area contributed by atoms with Gasteiger partial charge in [0.05, 0.1) is 11.4 Å². The highest BCUT2D eigenvalue weighted by molar-refractivity contribution is 6.04. The maximum atomic E-state index is 13.0. The van der Waals surface area contributed by atoms with E-state index in [9.17, 15) is 9.59 Å². The molecule has 3 aromatic rings. The van der Waals surface area contributed by atoms with Crippen LogP contribution in [0.15, 0.2) is 59.4 Å². The van der Waals surface area contributed by atoms with E-state index < -0.39 is 0 Å². The number of nitrogens with zero attached hydrogens (tertiary/aromatic N) is 3. The summed E-state index contributed by atoms with van der Waals surface area (Å²) in [6, 6.07) is 17.2. The Morgan fingerprint density at radius 1 is 1.07 bits per heavy atom. The average Bonchev–Trinajstić information content (AvgIpc) is 2.71. The van der Waals surface area contributed by atoms with Crippen LogP contribution in [0, 0.1) is 0 Å². The lowest BCUT2D eigenvalue weighted by Gasteiger charge is -2.25. The van der Waals surface area contributed by atoms with Crippen molar-refractivity contribution in [3.8, 4) is 0 Å². The molecule has 28 heavy (non-hydrogen) atoms. The summed E-state index contributed by atoms with van der Waals surface area (Å²) in [5.41, 5.74) is 1.25. The smallest absolute Gasteiger partial charge is 0.274 e. The fraction of sp³-hybridized carbons (Fsp3) is 0.318. The van der Waals surface area contributed by atoms with E-state index in [0.29, 0.717) is 23.9 Å². The molecule has 1 aromatic heterocycles. The first-order valence-electron chi connectivity index (χ1n) is 9.52. The van der Waals surface area contributed by atoms with E-state index >= 15 is 0 Å². The van der Waals surface area contributed by atoms with Crippen LogP contribution in [0.3, 0.4) is 0 Å². The molecule has 0 bridgehead atoms. The Morgan fingerprint density at radius 3 is 2.36 bits per heavy atom. The van der Waals surface area contributed by atoms with E-state index in [4.69, 9.17) is 0 Å². The number of likely N-dealkylation sites (N-methyl/N-ethyl adjacent to an activating group) is 1. The summed E-state index contributed by atoms with van der Waals surface area (Å²) >= 11 is 0. The number of rotatable bonds is 7. The van der Waals surface area contributed by atoms with E-state index in [-0.39, 0.29) is 23.2 Å². The number of nitrogens with one attached hydrogen (secondary N) is 1. The topological polar surface area (TPSA) is 67.2 Å². The van der Waals surface area contributed by atoms with Crippen LogP contribution in [0.4, 0.5) is 0 Å². The Labute approximate surface area is 164 Å². The minimum absolute atomic E-state index is 0.0398. The Balaban J connectivity index is 1.91. The van der Waals surface area contributed by atoms with Crippen LogP contribution in [-0.2, 0) is 6.54 Å². The zero-order valence-corrected chi connectivity index (χ0v) is 16.6. The molecule has 0 unspecified atom stereocenters. The summed E-state index contributed by atoms with van der Waals surface area (Å²) in [4.78, 5) is 27.6. The molecule has 0 aliphatic heterocycles. The lowest BCUT2D eigenvalue weighted by molar-refractivity contribution is 0.0936. The number of hydrogen-bond donors (Lipinski definition) is 1. The molecule has 1 atom stereocenters. The van der Waals surface area contributed by atoms with Crippen LogP contribution in [0.5, 0.6) is 0 Å². The SMILES string of the molecule is CCCn1nc(C(=O)NC[C@@H](c2ccccc2)N(C)C)c2ccccc2c1=O. The van der Waals surface area contributed by atoms with Gasteiger partial charge in [-0.2, -0.15) is 5.10 Å². The number of fused-ring (bicyclic) bond motifs is 1. The molecule has 1 N–H and O–H groups in total. The quantitative estimate of drug-likeness (QED) is 0.687. The third-order valence-corrected chi connectivity index (χ3v) is 4.78. The Hall–Kier alpha value is -2.99.